The first-order valence-corrected chi connectivity index (χ1v) is 10.1. The van der Waals surface area contributed by atoms with Crippen molar-refractivity contribution in [3.63, 3.8) is 0 Å². The molecule has 2 radical (unpaired) electrons. The molecule has 0 aliphatic rings. The van der Waals surface area contributed by atoms with Gasteiger partial charge in [0.05, 0.1) is 0 Å². The van der Waals surface area contributed by atoms with E-state index >= 15 is 0 Å². The molecule has 5 rings (SSSR count). The van der Waals surface area contributed by atoms with Crippen molar-refractivity contribution in [2.24, 2.45) is 0 Å². The fraction of sp³-hybridized carbons (Fsp3) is 0. The molecule has 0 unspecified atom stereocenters. The van der Waals surface area contributed by atoms with Crippen LogP contribution < -0.4 is 0 Å². The summed E-state index contributed by atoms with van der Waals surface area (Å²) in [6.45, 7) is 0. The minimum absolute atomic E-state index is 1.07. The molecule has 0 fully saturated rings. The second-order valence-corrected chi connectivity index (χ2v) is 7.21. The van der Waals surface area contributed by atoms with Crippen molar-refractivity contribution in [2.75, 3.05) is 0 Å². The number of hydrogen-bond acceptors (Lipinski definition) is 0. The van der Waals surface area contributed by atoms with Crippen LogP contribution in [-0.4, -0.2) is 0 Å². The number of rotatable bonds is 4. The molecule has 140 valence electrons. The molecule has 5 aromatic carbocycles. The van der Waals surface area contributed by atoms with Crippen molar-refractivity contribution in [3.05, 3.63) is 133 Å². The van der Waals surface area contributed by atoms with Crippen molar-refractivity contribution < 1.29 is 0 Å². The molecule has 0 bridgehead atoms. The van der Waals surface area contributed by atoms with Crippen molar-refractivity contribution >= 4 is 0 Å². The highest BCUT2D eigenvalue weighted by molar-refractivity contribution is 6.01. The van der Waals surface area contributed by atoms with E-state index in [0.29, 0.717) is 0 Å². The van der Waals surface area contributed by atoms with Gasteiger partial charge in [-0.3, -0.25) is 0 Å². The lowest BCUT2D eigenvalue weighted by molar-refractivity contribution is 1.53. The number of hydrogen-bond donors (Lipinski definition) is 0. The summed E-state index contributed by atoms with van der Waals surface area (Å²) >= 11 is 0. The number of benzene rings is 5. The Morgan fingerprint density at radius 1 is 0.300 bits per heavy atom. The molecule has 0 nitrogen and oxygen atoms in total. The highest BCUT2D eigenvalue weighted by atomic mass is 14.2. The summed E-state index contributed by atoms with van der Waals surface area (Å²) in [7, 11) is 0. The van der Waals surface area contributed by atoms with Crippen molar-refractivity contribution in [3.8, 4) is 44.5 Å². The third-order valence-corrected chi connectivity index (χ3v) is 5.31. The molecule has 30 heavy (non-hydrogen) atoms. The summed E-state index contributed by atoms with van der Waals surface area (Å²) in [6.07, 6.45) is 0. The topological polar surface area (TPSA) is 0 Å². The lowest BCUT2D eigenvalue weighted by Gasteiger charge is -2.20. The molecule has 0 atom stereocenters. The van der Waals surface area contributed by atoms with Crippen LogP contribution in [-0.2, 0) is 0 Å². The average Bonchev–Trinajstić information content (AvgIpc) is 2.85. The first kappa shape index (κ1) is 18.1. The molecule has 0 aliphatic heterocycles. The van der Waals surface area contributed by atoms with Crippen molar-refractivity contribution in [2.45, 2.75) is 0 Å². The Morgan fingerprint density at radius 2 is 0.567 bits per heavy atom. The summed E-state index contributed by atoms with van der Waals surface area (Å²) in [4.78, 5) is 0. The molecule has 0 saturated heterocycles. The zero-order chi connectivity index (χ0) is 20.2. The van der Waals surface area contributed by atoms with Gasteiger partial charge in [-0.2, -0.15) is 0 Å². The summed E-state index contributed by atoms with van der Waals surface area (Å²) in [6, 6.07) is 49.2. The van der Waals surface area contributed by atoms with Gasteiger partial charge < -0.3 is 0 Å². The predicted molar refractivity (Wildman–Crippen MR) is 126 cm³/mol. The fourth-order valence-electron chi connectivity index (χ4n) is 3.93. The van der Waals surface area contributed by atoms with E-state index in [4.69, 9.17) is 0 Å². The van der Waals surface area contributed by atoms with E-state index in [2.05, 4.69) is 121 Å². The van der Waals surface area contributed by atoms with Gasteiger partial charge in [0.25, 0.3) is 0 Å². The summed E-state index contributed by atoms with van der Waals surface area (Å²) in [5, 5.41) is 0. The maximum atomic E-state index is 3.50. The molecule has 0 spiro atoms. The molecule has 0 aliphatic carbocycles. The van der Waals surface area contributed by atoms with Crippen molar-refractivity contribution in [1.82, 2.24) is 0 Å². The average molecular weight is 380 g/mol. The Morgan fingerprint density at radius 3 is 0.867 bits per heavy atom. The van der Waals surface area contributed by atoms with Gasteiger partial charge in [0.1, 0.15) is 0 Å². The molecule has 0 saturated carbocycles. The summed E-state index contributed by atoms with van der Waals surface area (Å²) < 4.78 is 0. The Balaban J connectivity index is 1.91. The third kappa shape index (κ3) is 3.44. The van der Waals surface area contributed by atoms with Gasteiger partial charge in [-0.05, 0) is 56.6 Å². The Hall–Kier alpha value is -3.90. The van der Waals surface area contributed by atoms with Gasteiger partial charge in [-0.1, -0.05) is 121 Å². The molecule has 0 heteroatoms. The lowest BCUT2D eigenvalue weighted by Crippen LogP contribution is -1.95. The smallest absolute Gasteiger partial charge is 0.0000476 e. The zero-order valence-corrected chi connectivity index (χ0v) is 16.5. The van der Waals surface area contributed by atoms with Crippen LogP contribution in [0.25, 0.3) is 44.5 Å². The minimum atomic E-state index is 1.07. The van der Waals surface area contributed by atoms with E-state index in [9.17, 15) is 0 Å². The fourth-order valence-corrected chi connectivity index (χ4v) is 3.93. The van der Waals surface area contributed by atoms with Gasteiger partial charge in [0, 0.05) is 0 Å². The van der Waals surface area contributed by atoms with Crippen LogP contribution in [0.5, 0.6) is 0 Å². The van der Waals surface area contributed by atoms with Crippen molar-refractivity contribution in [1.29, 1.82) is 0 Å². The molecule has 5 aromatic rings. The van der Waals surface area contributed by atoms with Crippen LogP contribution in [0.3, 0.4) is 0 Å². The van der Waals surface area contributed by atoms with Gasteiger partial charge in [-0.25, -0.2) is 0 Å². The van der Waals surface area contributed by atoms with E-state index in [1.165, 1.54) is 22.3 Å². The highest BCUT2D eigenvalue weighted by Crippen LogP contribution is 2.44. The molecular formula is C30H20. The van der Waals surface area contributed by atoms with E-state index in [0.717, 1.165) is 22.3 Å². The maximum Gasteiger partial charge on any atom is -0.0000476 e. The van der Waals surface area contributed by atoms with Gasteiger partial charge in [0.2, 0.25) is 0 Å². The van der Waals surface area contributed by atoms with Gasteiger partial charge in [0.15, 0.2) is 0 Å². The van der Waals surface area contributed by atoms with Crippen LogP contribution in [0.15, 0.2) is 121 Å². The second-order valence-electron chi connectivity index (χ2n) is 7.21. The SMILES string of the molecule is [c]1[c]c(-c2ccccc2)c(-c2ccccc2)c(-c2ccccc2)c1-c1ccccc1. The lowest BCUT2D eigenvalue weighted by atomic mass is 9.83. The van der Waals surface area contributed by atoms with Gasteiger partial charge >= 0.3 is 0 Å². The highest BCUT2D eigenvalue weighted by Gasteiger charge is 2.19. The largest absolute Gasteiger partial charge is 0.0622 e. The molecule has 0 N–H and O–H groups in total. The van der Waals surface area contributed by atoms with E-state index in [-0.39, 0.29) is 0 Å². The Bertz CT molecular complexity index is 1140. The molecule has 0 amide bonds. The first-order valence-electron chi connectivity index (χ1n) is 10.1. The summed E-state index contributed by atoms with van der Waals surface area (Å²) in [5.74, 6) is 0. The molecule has 0 aromatic heterocycles. The van der Waals surface area contributed by atoms with Crippen LogP contribution in [0.2, 0.25) is 0 Å². The summed E-state index contributed by atoms with van der Waals surface area (Å²) in [5.41, 5.74) is 9.15. The van der Waals surface area contributed by atoms with Crippen LogP contribution in [0.1, 0.15) is 0 Å². The van der Waals surface area contributed by atoms with E-state index in [1.54, 1.807) is 0 Å². The van der Waals surface area contributed by atoms with Gasteiger partial charge in [-0.15, -0.1) is 0 Å². The standard InChI is InChI=1S/C30H20/c1-5-13-23(14-6-1)27-21-22-28(24-15-7-2-8-16-24)30(26-19-11-4-12-20-26)29(27)25-17-9-3-10-18-25/h1-20H. The van der Waals surface area contributed by atoms with Crippen LogP contribution in [0.4, 0.5) is 0 Å². The Labute approximate surface area is 178 Å². The van der Waals surface area contributed by atoms with Crippen LogP contribution in [0, 0.1) is 12.1 Å². The normalized spacial score (nSPS) is 10.7. The Kier molecular flexibility index (Phi) is 4.98. The maximum absolute atomic E-state index is 3.50. The van der Waals surface area contributed by atoms with Crippen LogP contribution >= 0.6 is 0 Å². The monoisotopic (exact) mass is 380 g/mol. The second kappa shape index (κ2) is 8.23. The first-order chi connectivity index (χ1) is 14.9. The predicted octanol–water partition coefficient (Wildman–Crippen LogP) is 7.95. The zero-order valence-electron chi connectivity index (χ0n) is 16.5. The molecule has 0 heterocycles. The minimum Gasteiger partial charge on any atom is -0.0622 e. The van der Waals surface area contributed by atoms with E-state index in [1.807, 2.05) is 12.1 Å². The quantitative estimate of drug-likeness (QED) is 0.297. The molecular weight excluding hydrogens is 360 g/mol. The van der Waals surface area contributed by atoms with E-state index < -0.39 is 0 Å². The third-order valence-electron chi connectivity index (χ3n) is 5.31.